The van der Waals surface area contributed by atoms with Crippen molar-refractivity contribution in [2.75, 3.05) is 33.7 Å². The standard InChI is InChI=1S/C12H17BrN2OS/c1-14-6-5-9(7-14)8-15(2)12(16)10-3-4-11(13)17-10/h3-4,9H,5-8H2,1-2H3. The van der Waals surface area contributed by atoms with Gasteiger partial charge in [-0.15, -0.1) is 11.3 Å². The minimum absolute atomic E-state index is 0.134. The van der Waals surface area contributed by atoms with E-state index < -0.39 is 0 Å². The number of thiophene rings is 1. The van der Waals surface area contributed by atoms with Crippen LogP contribution >= 0.6 is 27.3 Å². The smallest absolute Gasteiger partial charge is 0.263 e. The summed E-state index contributed by atoms with van der Waals surface area (Å²) in [4.78, 5) is 17.1. The van der Waals surface area contributed by atoms with Crippen LogP contribution in [0.2, 0.25) is 0 Å². The van der Waals surface area contributed by atoms with Crippen molar-refractivity contribution in [3.63, 3.8) is 0 Å². The molecule has 2 rings (SSSR count). The lowest BCUT2D eigenvalue weighted by Crippen LogP contribution is -2.32. The van der Waals surface area contributed by atoms with Gasteiger partial charge < -0.3 is 9.80 Å². The average molecular weight is 317 g/mol. The molecular weight excluding hydrogens is 300 g/mol. The molecular formula is C12H17BrN2OS. The van der Waals surface area contributed by atoms with Crippen molar-refractivity contribution in [1.82, 2.24) is 9.80 Å². The van der Waals surface area contributed by atoms with Crippen molar-refractivity contribution in [2.45, 2.75) is 6.42 Å². The van der Waals surface area contributed by atoms with E-state index in [1.165, 1.54) is 17.8 Å². The molecule has 1 atom stereocenters. The Kier molecular flexibility index (Phi) is 4.22. The highest BCUT2D eigenvalue weighted by atomic mass is 79.9. The highest BCUT2D eigenvalue weighted by Crippen LogP contribution is 2.24. The van der Waals surface area contributed by atoms with Crippen molar-refractivity contribution in [2.24, 2.45) is 5.92 Å². The normalized spacial score (nSPS) is 20.8. The number of amides is 1. The molecule has 1 aromatic heterocycles. The number of halogens is 1. The fourth-order valence-corrected chi connectivity index (χ4v) is 3.64. The van der Waals surface area contributed by atoms with Gasteiger partial charge >= 0.3 is 0 Å². The fourth-order valence-electron chi connectivity index (χ4n) is 2.26. The first-order chi connectivity index (χ1) is 8.06. The van der Waals surface area contributed by atoms with Gasteiger partial charge in [-0.1, -0.05) is 0 Å². The Balaban J connectivity index is 1.91. The van der Waals surface area contributed by atoms with E-state index in [2.05, 4.69) is 27.9 Å². The summed E-state index contributed by atoms with van der Waals surface area (Å²) in [6.07, 6.45) is 1.20. The third kappa shape index (κ3) is 3.30. The monoisotopic (exact) mass is 316 g/mol. The second kappa shape index (κ2) is 5.50. The largest absolute Gasteiger partial charge is 0.341 e. The van der Waals surface area contributed by atoms with Crippen LogP contribution in [0.4, 0.5) is 0 Å². The zero-order chi connectivity index (χ0) is 12.4. The van der Waals surface area contributed by atoms with Crippen LogP contribution in [0.1, 0.15) is 16.1 Å². The minimum Gasteiger partial charge on any atom is -0.341 e. The van der Waals surface area contributed by atoms with Crippen LogP contribution in [-0.4, -0.2) is 49.4 Å². The highest BCUT2D eigenvalue weighted by molar-refractivity contribution is 9.11. The van der Waals surface area contributed by atoms with E-state index in [-0.39, 0.29) is 5.91 Å². The van der Waals surface area contributed by atoms with E-state index in [0.29, 0.717) is 5.92 Å². The molecule has 0 aliphatic carbocycles. The van der Waals surface area contributed by atoms with Gasteiger partial charge in [-0.3, -0.25) is 4.79 Å². The first-order valence-electron chi connectivity index (χ1n) is 5.75. The molecule has 94 valence electrons. The molecule has 1 unspecified atom stereocenters. The second-order valence-electron chi connectivity index (χ2n) is 4.71. The van der Waals surface area contributed by atoms with Gasteiger partial charge in [0.2, 0.25) is 0 Å². The zero-order valence-corrected chi connectivity index (χ0v) is 12.6. The predicted molar refractivity (Wildman–Crippen MR) is 74.6 cm³/mol. The van der Waals surface area contributed by atoms with E-state index in [0.717, 1.165) is 28.3 Å². The topological polar surface area (TPSA) is 23.6 Å². The number of likely N-dealkylation sites (tertiary alicyclic amines) is 1. The van der Waals surface area contributed by atoms with Gasteiger partial charge in [-0.05, 0) is 54.0 Å². The zero-order valence-electron chi connectivity index (χ0n) is 10.1. The van der Waals surface area contributed by atoms with Gasteiger partial charge in [0.25, 0.3) is 5.91 Å². The molecule has 1 aliphatic heterocycles. The molecule has 0 N–H and O–H groups in total. The Labute approximate surface area is 115 Å². The molecule has 0 bridgehead atoms. The molecule has 2 heterocycles. The number of nitrogens with zero attached hydrogens (tertiary/aromatic N) is 2. The van der Waals surface area contributed by atoms with Crippen LogP contribution in [0.25, 0.3) is 0 Å². The number of hydrogen-bond acceptors (Lipinski definition) is 3. The molecule has 17 heavy (non-hydrogen) atoms. The first kappa shape index (κ1) is 13.1. The fraction of sp³-hybridized carbons (Fsp3) is 0.583. The van der Waals surface area contributed by atoms with Crippen LogP contribution in [-0.2, 0) is 0 Å². The molecule has 5 heteroatoms. The van der Waals surface area contributed by atoms with Crippen LogP contribution in [0.3, 0.4) is 0 Å². The molecule has 1 aliphatic rings. The van der Waals surface area contributed by atoms with E-state index in [9.17, 15) is 4.79 Å². The summed E-state index contributed by atoms with van der Waals surface area (Å²) in [6, 6.07) is 3.81. The summed E-state index contributed by atoms with van der Waals surface area (Å²) in [5.41, 5.74) is 0. The summed E-state index contributed by atoms with van der Waals surface area (Å²) in [7, 11) is 4.03. The molecule has 3 nitrogen and oxygen atoms in total. The van der Waals surface area contributed by atoms with Crippen molar-refractivity contribution < 1.29 is 4.79 Å². The Hall–Kier alpha value is -0.390. The molecule has 1 amide bonds. The molecule has 0 aromatic carbocycles. The summed E-state index contributed by atoms with van der Waals surface area (Å²) in [5, 5.41) is 0. The molecule has 1 aromatic rings. The van der Waals surface area contributed by atoms with Gasteiger partial charge in [-0.25, -0.2) is 0 Å². The number of carbonyl (C=O) groups excluding carboxylic acids is 1. The van der Waals surface area contributed by atoms with Gasteiger partial charge in [0.05, 0.1) is 8.66 Å². The molecule has 1 saturated heterocycles. The Morgan fingerprint density at radius 3 is 2.94 bits per heavy atom. The Morgan fingerprint density at radius 2 is 2.41 bits per heavy atom. The maximum atomic E-state index is 12.1. The summed E-state index contributed by atoms with van der Waals surface area (Å²) < 4.78 is 1.01. The van der Waals surface area contributed by atoms with E-state index in [4.69, 9.17) is 0 Å². The molecule has 0 saturated carbocycles. The van der Waals surface area contributed by atoms with E-state index >= 15 is 0 Å². The van der Waals surface area contributed by atoms with Crippen molar-refractivity contribution >= 4 is 33.2 Å². The van der Waals surface area contributed by atoms with Crippen molar-refractivity contribution in [3.8, 4) is 0 Å². The molecule has 1 fully saturated rings. The second-order valence-corrected chi connectivity index (χ2v) is 7.17. The van der Waals surface area contributed by atoms with Gasteiger partial charge in [0, 0.05) is 20.1 Å². The Bertz CT molecular complexity index is 407. The molecule has 0 radical (unpaired) electrons. The van der Waals surface area contributed by atoms with Gasteiger partial charge in [0.15, 0.2) is 0 Å². The SMILES string of the molecule is CN1CCC(CN(C)C(=O)c2ccc(Br)s2)C1. The maximum absolute atomic E-state index is 12.1. The quantitative estimate of drug-likeness (QED) is 0.855. The van der Waals surface area contributed by atoms with E-state index in [1.54, 1.807) is 0 Å². The average Bonchev–Trinajstić information content (AvgIpc) is 2.87. The lowest BCUT2D eigenvalue weighted by atomic mass is 10.1. The number of rotatable bonds is 3. The predicted octanol–water partition coefficient (Wildman–Crippen LogP) is 2.53. The third-order valence-electron chi connectivity index (χ3n) is 3.15. The van der Waals surface area contributed by atoms with E-state index in [1.807, 2.05) is 24.1 Å². The number of carbonyl (C=O) groups is 1. The first-order valence-corrected chi connectivity index (χ1v) is 7.36. The highest BCUT2D eigenvalue weighted by Gasteiger charge is 2.23. The van der Waals surface area contributed by atoms with Crippen LogP contribution < -0.4 is 0 Å². The van der Waals surface area contributed by atoms with Crippen molar-refractivity contribution in [3.05, 3.63) is 20.8 Å². The third-order valence-corrected chi connectivity index (χ3v) is 4.76. The van der Waals surface area contributed by atoms with Crippen LogP contribution in [0.5, 0.6) is 0 Å². The summed E-state index contributed by atoms with van der Waals surface area (Å²) in [5.74, 6) is 0.757. The van der Waals surface area contributed by atoms with Gasteiger partial charge in [-0.2, -0.15) is 0 Å². The lowest BCUT2D eigenvalue weighted by Gasteiger charge is -2.20. The number of hydrogen-bond donors (Lipinski definition) is 0. The van der Waals surface area contributed by atoms with Gasteiger partial charge in [0.1, 0.15) is 0 Å². The summed E-state index contributed by atoms with van der Waals surface area (Å²) in [6.45, 7) is 3.11. The van der Waals surface area contributed by atoms with Crippen molar-refractivity contribution in [1.29, 1.82) is 0 Å². The van der Waals surface area contributed by atoms with Crippen LogP contribution in [0.15, 0.2) is 15.9 Å². The Morgan fingerprint density at radius 1 is 1.65 bits per heavy atom. The molecule has 0 spiro atoms. The van der Waals surface area contributed by atoms with Crippen LogP contribution in [0, 0.1) is 5.92 Å². The summed E-state index contributed by atoms with van der Waals surface area (Å²) >= 11 is 4.88. The maximum Gasteiger partial charge on any atom is 0.263 e. The minimum atomic E-state index is 0.134. The lowest BCUT2D eigenvalue weighted by molar-refractivity contribution is 0.0779.